The number of rotatable bonds is 6. The van der Waals surface area contributed by atoms with Crippen LogP contribution in [0.5, 0.6) is 11.5 Å². The number of hydrogen-bond acceptors (Lipinski definition) is 6. The Morgan fingerprint density at radius 3 is 2.69 bits per heavy atom. The minimum Gasteiger partial charge on any atom is -0.497 e. The van der Waals surface area contributed by atoms with Crippen LogP contribution in [0.4, 0.5) is 0 Å². The number of benzene rings is 2. The number of nitrogens with zero attached hydrogens (tertiary/aromatic N) is 2. The maximum absolute atomic E-state index is 12.5. The molecule has 1 amide bonds. The van der Waals surface area contributed by atoms with Gasteiger partial charge in [-0.3, -0.25) is 4.79 Å². The number of morpholine rings is 1. The molecule has 0 radical (unpaired) electrons. The van der Waals surface area contributed by atoms with Crippen LogP contribution in [0.3, 0.4) is 0 Å². The summed E-state index contributed by atoms with van der Waals surface area (Å²) in [6, 6.07) is 15.6. The summed E-state index contributed by atoms with van der Waals surface area (Å²) in [4.78, 5) is 18.9. The Morgan fingerprint density at radius 2 is 1.93 bits per heavy atom. The van der Waals surface area contributed by atoms with Crippen molar-refractivity contribution in [2.45, 2.75) is 6.61 Å². The fourth-order valence-electron chi connectivity index (χ4n) is 3.06. The van der Waals surface area contributed by atoms with E-state index in [1.807, 2.05) is 53.9 Å². The fourth-order valence-corrected chi connectivity index (χ4v) is 3.86. The Balaban J connectivity index is 1.39. The highest BCUT2D eigenvalue weighted by Crippen LogP contribution is 2.27. The number of carbonyl (C=O) groups is 1. The topological polar surface area (TPSA) is 60.9 Å². The third-order valence-corrected chi connectivity index (χ3v) is 5.55. The lowest BCUT2D eigenvalue weighted by atomic mass is 10.2. The second-order valence-electron chi connectivity index (χ2n) is 6.61. The molecule has 29 heavy (non-hydrogen) atoms. The molecule has 0 bridgehead atoms. The minimum atomic E-state index is -0.0333. The largest absolute Gasteiger partial charge is 0.497 e. The molecule has 1 saturated heterocycles. The second kappa shape index (κ2) is 9.07. The number of carbonyl (C=O) groups excluding carboxylic acids is 1. The number of hydrogen-bond donors (Lipinski definition) is 0. The normalized spacial score (nSPS) is 13.9. The van der Waals surface area contributed by atoms with Crippen LogP contribution in [0.25, 0.3) is 10.6 Å². The van der Waals surface area contributed by atoms with E-state index in [4.69, 9.17) is 14.2 Å². The molecule has 1 aliphatic heterocycles. The van der Waals surface area contributed by atoms with Gasteiger partial charge in [0, 0.05) is 24.0 Å². The molecule has 1 fully saturated rings. The Morgan fingerprint density at radius 1 is 1.14 bits per heavy atom. The van der Waals surface area contributed by atoms with Crippen molar-refractivity contribution in [3.8, 4) is 22.1 Å². The first-order valence-corrected chi connectivity index (χ1v) is 10.3. The number of thiazole rings is 1. The van der Waals surface area contributed by atoms with E-state index in [-0.39, 0.29) is 5.91 Å². The first kappa shape index (κ1) is 19.4. The molecule has 0 saturated carbocycles. The van der Waals surface area contributed by atoms with Crippen LogP contribution in [0.1, 0.15) is 16.1 Å². The molecule has 0 atom stereocenters. The first-order valence-electron chi connectivity index (χ1n) is 9.41. The van der Waals surface area contributed by atoms with Crippen molar-refractivity contribution in [3.05, 3.63) is 65.2 Å². The van der Waals surface area contributed by atoms with Crippen LogP contribution in [-0.2, 0) is 11.3 Å². The molecular formula is C22H22N2O4S. The molecule has 6 nitrogen and oxygen atoms in total. The number of ether oxygens (including phenoxy) is 3. The van der Waals surface area contributed by atoms with Crippen LogP contribution >= 0.6 is 11.3 Å². The summed E-state index contributed by atoms with van der Waals surface area (Å²) < 4.78 is 16.4. The standard InChI is InChI=1S/C22H22N2O4S/c1-26-19-4-2-3-16(13-19)14-28-18-7-5-17(6-8-18)21-23-20(15-29-21)22(25)24-9-11-27-12-10-24/h2-8,13,15H,9-12,14H2,1H3. The van der Waals surface area contributed by atoms with Crippen molar-refractivity contribution in [3.63, 3.8) is 0 Å². The zero-order chi connectivity index (χ0) is 20.1. The summed E-state index contributed by atoms with van der Waals surface area (Å²) in [6.07, 6.45) is 0. The maximum atomic E-state index is 12.5. The Bertz CT molecular complexity index is 965. The highest BCUT2D eigenvalue weighted by molar-refractivity contribution is 7.13. The van der Waals surface area contributed by atoms with Crippen molar-refractivity contribution >= 4 is 17.2 Å². The summed E-state index contributed by atoms with van der Waals surface area (Å²) in [5, 5.41) is 2.64. The second-order valence-corrected chi connectivity index (χ2v) is 7.47. The Hall–Kier alpha value is -2.90. The molecule has 150 valence electrons. The van der Waals surface area contributed by atoms with Crippen molar-refractivity contribution in [2.75, 3.05) is 33.4 Å². The third kappa shape index (κ3) is 4.75. The van der Waals surface area contributed by atoms with E-state index in [9.17, 15) is 4.79 Å². The third-order valence-electron chi connectivity index (χ3n) is 4.66. The van der Waals surface area contributed by atoms with Gasteiger partial charge in [0.05, 0.1) is 20.3 Å². The molecule has 0 spiro atoms. The lowest BCUT2D eigenvalue weighted by Gasteiger charge is -2.25. The van der Waals surface area contributed by atoms with Gasteiger partial charge < -0.3 is 19.1 Å². The molecule has 1 aromatic heterocycles. The van der Waals surface area contributed by atoms with Gasteiger partial charge in [-0.1, -0.05) is 12.1 Å². The van der Waals surface area contributed by atoms with Gasteiger partial charge in [0.1, 0.15) is 28.8 Å². The summed E-state index contributed by atoms with van der Waals surface area (Å²) in [5.41, 5.74) is 2.50. The van der Waals surface area contributed by atoms with Gasteiger partial charge in [-0.05, 0) is 42.0 Å². The first-order chi connectivity index (χ1) is 14.2. The van der Waals surface area contributed by atoms with Gasteiger partial charge in [0.25, 0.3) is 5.91 Å². The number of amides is 1. The van der Waals surface area contributed by atoms with Crippen LogP contribution in [0.2, 0.25) is 0 Å². The van der Waals surface area contributed by atoms with E-state index in [0.29, 0.717) is 38.6 Å². The van der Waals surface area contributed by atoms with Crippen LogP contribution in [0.15, 0.2) is 53.9 Å². The number of methoxy groups -OCH3 is 1. The molecule has 0 N–H and O–H groups in total. The monoisotopic (exact) mass is 410 g/mol. The fraction of sp³-hybridized carbons (Fsp3) is 0.273. The summed E-state index contributed by atoms with van der Waals surface area (Å²) in [6.45, 7) is 2.86. The van der Waals surface area contributed by atoms with Crippen molar-refractivity contribution in [2.24, 2.45) is 0 Å². The molecule has 2 aromatic carbocycles. The summed E-state index contributed by atoms with van der Waals surface area (Å²) in [5.74, 6) is 1.56. The van der Waals surface area contributed by atoms with E-state index in [1.165, 1.54) is 11.3 Å². The molecule has 1 aliphatic rings. The van der Waals surface area contributed by atoms with Crippen LogP contribution in [-0.4, -0.2) is 49.2 Å². The van der Waals surface area contributed by atoms with Crippen LogP contribution in [0, 0.1) is 0 Å². The van der Waals surface area contributed by atoms with Crippen LogP contribution < -0.4 is 9.47 Å². The quantitative estimate of drug-likeness (QED) is 0.617. The van der Waals surface area contributed by atoms with Gasteiger partial charge >= 0.3 is 0 Å². The SMILES string of the molecule is COc1cccc(COc2ccc(-c3nc(C(=O)N4CCOCC4)cs3)cc2)c1. The van der Waals surface area contributed by atoms with Crippen molar-refractivity contribution in [1.82, 2.24) is 9.88 Å². The molecular weight excluding hydrogens is 388 g/mol. The van der Waals surface area contributed by atoms with Gasteiger partial charge in [-0.2, -0.15) is 0 Å². The molecule has 2 heterocycles. The molecule has 0 aliphatic carbocycles. The van der Waals surface area contributed by atoms with E-state index >= 15 is 0 Å². The zero-order valence-electron chi connectivity index (χ0n) is 16.2. The van der Waals surface area contributed by atoms with Crippen molar-refractivity contribution < 1.29 is 19.0 Å². The Kier molecular flexibility index (Phi) is 6.07. The van der Waals surface area contributed by atoms with E-state index in [0.717, 1.165) is 27.6 Å². The van der Waals surface area contributed by atoms with Gasteiger partial charge in [-0.25, -0.2) is 4.98 Å². The molecule has 3 aromatic rings. The van der Waals surface area contributed by atoms with E-state index in [1.54, 1.807) is 12.0 Å². The van der Waals surface area contributed by atoms with Crippen molar-refractivity contribution in [1.29, 1.82) is 0 Å². The number of aromatic nitrogens is 1. The highest BCUT2D eigenvalue weighted by atomic mass is 32.1. The van der Waals surface area contributed by atoms with Gasteiger partial charge in [0.15, 0.2) is 0 Å². The average Bonchev–Trinajstić information content (AvgIpc) is 3.28. The van der Waals surface area contributed by atoms with Gasteiger partial charge in [-0.15, -0.1) is 11.3 Å². The smallest absolute Gasteiger partial charge is 0.273 e. The predicted octanol–water partition coefficient (Wildman–Crippen LogP) is 3.87. The van der Waals surface area contributed by atoms with E-state index < -0.39 is 0 Å². The predicted molar refractivity (Wildman–Crippen MR) is 112 cm³/mol. The molecule has 0 unspecified atom stereocenters. The summed E-state index contributed by atoms with van der Waals surface area (Å²) in [7, 11) is 1.65. The van der Waals surface area contributed by atoms with Gasteiger partial charge in [0.2, 0.25) is 0 Å². The Labute approximate surface area is 173 Å². The molecule has 7 heteroatoms. The van der Waals surface area contributed by atoms with E-state index in [2.05, 4.69) is 4.98 Å². The average molecular weight is 410 g/mol. The minimum absolute atomic E-state index is 0.0333. The highest BCUT2D eigenvalue weighted by Gasteiger charge is 2.21. The lowest BCUT2D eigenvalue weighted by Crippen LogP contribution is -2.40. The lowest BCUT2D eigenvalue weighted by molar-refractivity contribution is 0.0299. The zero-order valence-corrected chi connectivity index (χ0v) is 17.0. The molecule has 4 rings (SSSR count). The maximum Gasteiger partial charge on any atom is 0.273 e. The summed E-state index contributed by atoms with van der Waals surface area (Å²) >= 11 is 1.47.